The summed E-state index contributed by atoms with van der Waals surface area (Å²) in [5, 5.41) is 14.2. The van der Waals surface area contributed by atoms with Crippen LogP contribution in [0.5, 0.6) is 0 Å². The van der Waals surface area contributed by atoms with Crippen LogP contribution in [0.25, 0.3) is 22.0 Å². The van der Waals surface area contributed by atoms with Crippen molar-refractivity contribution in [2.45, 2.75) is 6.18 Å². The van der Waals surface area contributed by atoms with Crippen molar-refractivity contribution in [2.75, 3.05) is 54.9 Å². The number of β-amino-alcohol motifs (C(OH)–C–C–N with tert-alkyl or cyclic N) is 1. The Balaban J connectivity index is 1.40. The van der Waals surface area contributed by atoms with Gasteiger partial charge in [0.25, 0.3) is 0 Å². The van der Waals surface area contributed by atoms with Gasteiger partial charge in [0.15, 0.2) is 11.6 Å². The molecule has 3 N–H and O–H groups in total. The number of carbonyl (C=O) groups excluding carboxylic acids is 1. The molecule has 4 aromatic rings. The number of amides is 1. The first-order chi connectivity index (χ1) is 19.6. The molecule has 1 aromatic heterocycles. The molecular weight excluding hydrogens is 547 g/mol. The smallest absolute Gasteiger partial charge is 0.395 e. The summed E-state index contributed by atoms with van der Waals surface area (Å²) in [4.78, 5) is 23.8. The van der Waals surface area contributed by atoms with Crippen LogP contribution >= 0.6 is 0 Å². The second-order valence-corrected chi connectivity index (χ2v) is 9.41. The molecule has 41 heavy (non-hydrogen) atoms. The van der Waals surface area contributed by atoms with Crippen molar-refractivity contribution in [2.24, 2.45) is 0 Å². The van der Waals surface area contributed by atoms with E-state index in [9.17, 15) is 18.0 Å². The molecule has 1 aliphatic heterocycles. The van der Waals surface area contributed by atoms with Crippen molar-refractivity contribution in [3.05, 3.63) is 72.4 Å². The summed E-state index contributed by atoms with van der Waals surface area (Å²) >= 11 is 0. The zero-order chi connectivity index (χ0) is 29.1. The van der Waals surface area contributed by atoms with Crippen LogP contribution in [0.4, 0.5) is 45.0 Å². The highest BCUT2D eigenvalue weighted by Crippen LogP contribution is 2.32. The number of benzene rings is 3. The highest BCUT2D eigenvalue weighted by Gasteiger charge is 2.38. The van der Waals surface area contributed by atoms with Crippen LogP contribution in [-0.4, -0.2) is 71.4 Å². The van der Waals surface area contributed by atoms with Gasteiger partial charge < -0.3 is 20.6 Å². The van der Waals surface area contributed by atoms with Gasteiger partial charge in [-0.05, 0) is 29.8 Å². The lowest BCUT2D eigenvalue weighted by molar-refractivity contribution is -0.167. The number of para-hydroxylation sites is 1. The number of carbonyl (C=O) groups is 1. The maximum atomic E-state index is 15.1. The van der Waals surface area contributed by atoms with Crippen LogP contribution in [-0.2, 0) is 4.79 Å². The van der Waals surface area contributed by atoms with E-state index in [4.69, 9.17) is 5.11 Å². The molecule has 1 fully saturated rings. The Morgan fingerprint density at radius 3 is 2.46 bits per heavy atom. The molecule has 2 heterocycles. The molecule has 13 heteroatoms. The quantitative estimate of drug-likeness (QED) is 0.271. The predicted molar refractivity (Wildman–Crippen MR) is 145 cm³/mol. The van der Waals surface area contributed by atoms with Gasteiger partial charge in [-0.15, -0.1) is 0 Å². The number of alkyl halides is 3. The number of nitrogens with one attached hydrogen (secondary N) is 2. The molecule has 0 unspecified atom stereocenters. The lowest BCUT2D eigenvalue weighted by Crippen LogP contribution is -2.47. The SMILES string of the molecule is O=C(Nc1cccc(-c2cccc3cnc(Nc4ccc(N5CCN(CCO)CC5)c(F)c4F)nc23)c1)C(F)(F)F. The lowest BCUT2D eigenvalue weighted by Gasteiger charge is -2.36. The fourth-order valence-corrected chi connectivity index (χ4v) is 4.67. The van der Waals surface area contributed by atoms with Crippen molar-refractivity contribution in [3.8, 4) is 11.1 Å². The maximum absolute atomic E-state index is 15.1. The fraction of sp³-hybridized carbons (Fsp3) is 0.250. The van der Waals surface area contributed by atoms with Gasteiger partial charge in [-0.1, -0.05) is 30.3 Å². The Morgan fingerprint density at radius 2 is 1.73 bits per heavy atom. The number of rotatable bonds is 7. The Kier molecular flexibility index (Phi) is 7.99. The number of piperazine rings is 1. The summed E-state index contributed by atoms with van der Waals surface area (Å²) in [5.74, 6) is -4.21. The number of anilines is 4. The van der Waals surface area contributed by atoms with Crippen molar-refractivity contribution in [1.29, 1.82) is 0 Å². The lowest BCUT2D eigenvalue weighted by atomic mass is 10.0. The number of nitrogens with zero attached hydrogens (tertiary/aromatic N) is 4. The number of aliphatic hydroxyl groups is 1. The second kappa shape index (κ2) is 11.6. The molecule has 0 saturated carbocycles. The van der Waals surface area contributed by atoms with Crippen LogP contribution in [0.1, 0.15) is 0 Å². The Morgan fingerprint density at radius 1 is 0.976 bits per heavy atom. The van der Waals surface area contributed by atoms with Gasteiger partial charge in [0.05, 0.1) is 23.5 Å². The van der Waals surface area contributed by atoms with Gasteiger partial charge in [-0.2, -0.15) is 13.2 Å². The number of aliphatic hydroxyl groups excluding tert-OH is 1. The number of fused-ring (bicyclic) bond motifs is 1. The van der Waals surface area contributed by atoms with Gasteiger partial charge in [-0.25, -0.2) is 18.7 Å². The van der Waals surface area contributed by atoms with Gasteiger partial charge in [-0.3, -0.25) is 9.69 Å². The minimum absolute atomic E-state index is 0.0184. The average Bonchev–Trinajstić information content (AvgIpc) is 2.96. The number of hydrogen-bond acceptors (Lipinski definition) is 7. The molecule has 1 saturated heterocycles. The van der Waals surface area contributed by atoms with E-state index in [1.807, 2.05) is 10.2 Å². The number of aromatic nitrogens is 2. The summed E-state index contributed by atoms with van der Waals surface area (Å²) in [7, 11) is 0. The van der Waals surface area contributed by atoms with E-state index in [-0.39, 0.29) is 29.6 Å². The third kappa shape index (κ3) is 6.20. The predicted octanol–water partition coefficient (Wildman–Crippen LogP) is 4.93. The van der Waals surface area contributed by atoms with Crippen molar-refractivity contribution < 1.29 is 31.9 Å². The van der Waals surface area contributed by atoms with E-state index in [1.54, 1.807) is 29.2 Å². The molecule has 0 radical (unpaired) electrons. The van der Waals surface area contributed by atoms with E-state index >= 15 is 8.78 Å². The summed E-state index contributed by atoms with van der Waals surface area (Å²) in [6, 6.07) is 13.9. The van der Waals surface area contributed by atoms with Crippen molar-refractivity contribution in [1.82, 2.24) is 14.9 Å². The maximum Gasteiger partial charge on any atom is 0.471 e. The molecule has 0 atom stereocenters. The van der Waals surface area contributed by atoms with Gasteiger partial charge >= 0.3 is 12.1 Å². The first-order valence-electron chi connectivity index (χ1n) is 12.7. The molecule has 1 amide bonds. The normalized spacial score (nSPS) is 14.3. The van der Waals surface area contributed by atoms with Crippen LogP contribution < -0.4 is 15.5 Å². The summed E-state index contributed by atoms with van der Waals surface area (Å²) in [6.07, 6.45) is -3.55. The number of halogens is 5. The Bertz CT molecular complexity index is 1570. The molecule has 5 rings (SSSR count). The molecule has 0 spiro atoms. The molecule has 0 bridgehead atoms. The largest absolute Gasteiger partial charge is 0.471 e. The summed E-state index contributed by atoms with van der Waals surface area (Å²) < 4.78 is 68.3. The zero-order valence-electron chi connectivity index (χ0n) is 21.6. The topological polar surface area (TPSA) is 93.6 Å². The third-order valence-corrected chi connectivity index (χ3v) is 6.74. The molecule has 214 valence electrons. The van der Waals surface area contributed by atoms with Crippen molar-refractivity contribution in [3.63, 3.8) is 0 Å². The highest BCUT2D eigenvalue weighted by atomic mass is 19.4. The molecule has 3 aromatic carbocycles. The second-order valence-electron chi connectivity index (χ2n) is 9.41. The minimum Gasteiger partial charge on any atom is -0.395 e. The van der Waals surface area contributed by atoms with Gasteiger partial charge in [0.2, 0.25) is 5.95 Å². The van der Waals surface area contributed by atoms with Crippen LogP contribution in [0.2, 0.25) is 0 Å². The van der Waals surface area contributed by atoms with E-state index in [1.165, 1.54) is 36.5 Å². The monoisotopic (exact) mass is 572 g/mol. The van der Waals surface area contributed by atoms with E-state index in [2.05, 4.69) is 15.3 Å². The molecular formula is C28H25F5N6O2. The summed E-state index contributed by atoms with van der Waals surface area (Å²) in [5.41, 5.74) is 1.32. The Hall–Kier alpha value is -4.36. The first kappa shape index (κ1) is 28.2. The average molecular weight is 573 g/mol. The number of hydrogen-bond donors (Lipinski definition) is 3. The van der Waals surface area contributed by atoms with E-state index < -0.39 is 23.7 Å². The van der Waals surface area contributed by atoms with Crippen LogP contribution in [0.15, 0.2) is 60.8 Å². The standard InChI is InChI=1S/C28H25F5N6O2/c29-23-21(7-8-22(24(23)30)39-11-9-38(10-12-39)13-14-40)36-27-34-16-18-4-2-6-20(25(18)37-27)17-3-1-5-19(15-17)35-26(41)28(31,32)33/h1-8,15-16,40H,9-14H2,(H,35,41)(H,34,36,37). The van der Waals surface area contributed by atoms with Crippen molar-refractivity contribution >= 4 is 39.8 Å². The summed E-state index contributed by atoms with van der Waals surface area (Å²) in [6.45, 7) is 2.77. The third-order valence-electron chi connectivity index (χ3n) is 6.74. The molecule has 1 aliphatic rings. The van der Waals surface area contributed by atoms with E-state index in [0.717, 1.165) is 0 Å². The Labute approximate surface area is 231 Å². The first-order valence-corrected chi connectivity index (χ1v) is 12.7. The van der Waals surface area contributed by atoms with Gasteiger partial charge in [0, 0.05) is 55.6 Å². The molecule has 8 nitrogen and oxygen atoms in total. The van der Waals surface area contributed by atoms with E-state index in [0.29, 0.717) is 54.8 Å². The molecule has 0 aliphatic carbocycles. The highest BCUT2D eigenvalue weighted by molar-refractivity contribution is 5.97. The van der Waals surface area contributed by atoms with Crippen LogP contribution in [0.3, 0.4) is 0 Å². The fourth-order valence-electron chi connectivity index (χ4n) is 4.67. The zero-order valence-corrected chi connectivity index (χ0v) is 21.6. The minimum atomic E-state index is -5.04. The van der Waals surface area contributed by atoms with Crippen LogP contribution in [0, 0.1) is 11.6 Å². The van der Waals surface area contributed by atoms with Gasteiger partial charge in [0.1, 0.15) is 0 Å².